The molecule has 2 aliphatic heterocycles. The number of fused-ring (bicyclic) bond motifs is 1. The van der Waals surface area contributed by atoms with Gasteiger partial charge in [-0.15, -0.1) is 13.2 Å². The van der Waals surface area contributed by atoms with Crippen molar-refractivity contribution in [3.05, 3.63) is 96.4 Å². The van der Waals surface area contributed by atoms with Crippen LogP contribution >= 0.6 is 0 Å². The largest absolute Gasteiger partial charge is 0.388 e. The van der Waals surface area contributed by atoms with E-state index in [9.17, 15) is 8.78 Å². The summed E-state index contributed by atoms with van der Waals surface area (Å²) in [5.74, 6) is 2.41. The number of hydrogen-bond acceptors (Lipinski definition) is 7. The van der Waals surface area contributed by atoms with Gasteiger partial charge in [-0.2, -0.15) is 5.10 Å². The Bertz CT molecular complexity index is 1790. The molecule has 1 aromatic heterocycles. The number of hydrogen-bond donors (Lipinski definition) is 3. The van der Waals surface area contributed by atoms with Crippen molar-refractivity contribution in [1.82, 2.24) is 25.4 Å². The molecular weight excluding hydrogens is 727 g/mol. The van der Waals surface area contributed by atoms with Crippen LogP contribution in [0.3, 0.4) is 0 Å². The number of halogens is 2. The van der Waals surface area contributed by atoms with Gasteiger partial charge < -0.3 is 10.2 Å². The molecule has 2 fully saturated rings. The molecule has 0 spiro atoms. The van der Waals surface area contributed by atoms with Crippen LogP contribution in [0.15, 0.2) is 79.1 Å². The fourth-order valence-electron chi connectivity index (χ4n) is 9.59. The van der Waals surface area contributed by atoms with Crippen LogP contribution in [-0.4, -0.2) is 71.3 Å². The number of alkyl halides is 2. The second-order valence-electron chi connectivity index (χ2n) is 17.0. The maximum Gasteiger partial charge on any atom is 0.280 e. The van der Waals surface area contributed by atoms with Crippen molar-refractivity contribution in [3.63, 3.8) is 0 Å². The summed E-state index contributed by atoms with van der Waals surface area (Å²) in [7, 11) is 1.89. The summed E-state index contributed by atoms with van der Waals surface area (Å²) in [5, 5.41) is 18.3. The van der Waals surface area contributed by atoms with Gasteiger partial charge in [0.2, 0.25) is 0 Å². The first-order chi connectivity index (χ1) is 28.3. The predicted octanol–water partition coefficient (Wildman–Crippen LogP) is 10.4. The molecular formula is C48H68F2N8. The number of hydrazine groups is 1. The highest BCUT2D eigenvalue weighted by atomic mass is 19.3. The highest BCUT2D eigenvalue weighted by Gasteiger charge is 2.29. The lowest BCUT2D eigenvalue weighted by Crippen LogP contribution is -2.43. The average Bonchev–Trinajstić information content (AvgIpc) is 3.87. The van der Waals surface area contributed by atoms with Crippen LogP contribution in [0.1, 0.15) is 119 Å². The van der Waals surface area contributed by atoms with Gasteiger partial charge in [0.15, 0.2) is 5.82 Å². The molecule has 3 N–H and O–H groups in total. The third-order valence-corrected chi connectivity index (χ3v) is 12.9. The smallest absolute Gasteiger partial charge is 0.280 e. The highest BCUT2D eigenvalue weighted by molar-refractivity contribution is 6.24. The van der Waals surface area contributed by atoms with Crippen LogP contribution in [0.25, 0.3) is 11.8 Å². The molecule has 1 aromatic carbocycles. The third-order valence-electron chi connectivity index (χ3n) is 12.9. The summed E-state index contributed by atoms with van der Waals surface area (Å²) in [5.41, 5.74) is 8.94. The molecule has 2 atom stereocenters. The Hall–Kier alpha value is -4.15. The summed E-state index contributed by atoms with van der Waals surface area (Å²) >= 11 is 0. The predicted molar refractivity (Wildman–Crippen MR) is 239 cm³/mol. The van der Waals surface area contributed by atoms with Crippen LogP contribution in [0.4, 0.5) is 14.6 Å². The summed E-state index contributed by atoms with van der Waals surface area (Å²) in [6.45, 7) is 14.2. The molecule has 2 unspecified atom stereocenters. The van der Waals surface area contributed by atoms with E-state index in [4.69, 9.17) is 10.4 Å². The molecule has 2 aliphatic carbocycles. The third kappa shape index (κ3) is 11.3. The summed E-state index contributed by atoms with van der Waals surface area (Å²) in [6, 6.07) is 7.11. The molecule has 3 heterocycles. The maximum absolute atomic E-state index is 14.2. The number of nitrogens with zero attached hydrogens (tertiary/aromatic N) is 5. The number of benzene rings is 1. The zero-order chi connectivity index (χ0) is 40.9. The zero-order valence-corrected chi connectivity index (χ0v) is 35.2. The van der Waals surface area contributed by atoms with Crippen molar-refractivity contribution in [3.8, 4) is 0 Å². The Morgan fingerprint density at radius 2 is 1.88 bits per heavy atom. The highest BCUT2D eigenvalue weighted by Crippen LogP contribution is 2.33. The molecule has 314 valence electrons. The van der Waals surface area contributed by atoms with Crippen molar-refractivity contribution >= 4 is 29.0 Å². The van der Waals surface area contributed by atoms with Gasteiger partial charge in [0, 0.05) is 66.4 Å². The number of aromatic nitrogens is 2. The molecule has 0 bridgehead atoms. The molecule has 0 amide bonds. The normalized spacial score (nSPS) is 22.3. The number of aryl methyl sites for hydroxylation is 1. The SMILES string of the molecule is C=CCCC(C=C)C1=NCc2c(CCCCC3CCN(CC4CCC(N/C=C(\C(=N)C(F)F)c5cnn(/C=C\C)c5N(C)NC5C=CCCC5)CC4)CC3)cccc21. The van der Waals surface area contributed by atoms with E-state index in [1.807, 2.05) is 37.3 Å². The van der Waals surface area contributed by atoms with Gasteiger partial charge in [-0.1, -0.05) is 61.4 Å². The quantitative estimate of drug-likeness (QED) is 0.0507. The molecule has 1 saturated heterocycles. The van der Waals surface area contributed by atoms with Gasteiger partial charge in [0.1, 0.15) is 5.71 Å². The van der Waals surface area contributed by atoms with Crippen LogP contribution < -0.4 is 15.8 Å². The van der Waals surface area contributed by atoms with Crippen molar-refractivity contribution < 1.29 is 8.78 Å². The minimum absolute atomic E-state index is 0.147. The standard InChI is InChI=1S/C48H68F2N8/c1-5-8-16-37(7-3)46-41-21-14-18-38(42(41)31-53-46)17-13-12-15-35-26-29-57(30-27-35)34-36-22-24-39(25-23-36)52-32-43(45(51)47(49)50)44-33-54-58(28-6-2)48(44)56(4)55-40-19-10-9-11-20-40/h5-7,10,14,18-19,21,28,32-33,35-37,39-40,47,51-52,55H,1,3,8-9,11-13,15-17,20,22-27,29-31,34H2,2,4H3/b28-6-,43-32-,51-45?. The van der Waals surface area contributed by atoms with Gasteiger partial charge in [0.05, 0.1) is 12.7 Å². The van der Waals surface area contributed by atoms with Crippen molar-refractivity contribution in [1.29, 1.82) is 5.41 Å². The number of rotatable bonds is 21. The molecule has 1 saturated carbocycles. The zero-order valence-electron chi connectivity index (χ0n) is 35.2. The molecule has 6 rings (SSSR count). The van der Waals surface area contributed by atoms with E-state index in [0.29, 0.717) is 23.2 Å². The van der Waals surface area contributed by atoms with Crippen LogP contribution in [-0.2, 0) is 13.0 Å². The van der Waals surface area contributed by atoms with Gasteiger partial charge in [-0.05, 0) is 126 Å². The minimum atomic E-state index is -2.90. The molecule has 10 heteroatoms. The molecule has 0 radical (unpaired) electrons. The Labute approximate surface area is 346 Å². The Morgan fingerprint density at radius 3 is 2.59 bits per heavy atom. The second-order valence-corrected chi connectivity index (χ2v) is 17.0. The number of likely N-dealkylation sites (tertiary alicyclic amines) is 1. The maximum atomic E-state index is 14.2. The number of anilines is 1. The van der Waals surface area contributed by atoms with E-state index in [1.165, 1.54) is 67.6 Å². The van der Waals surface area contributed by atoms with Gasteiger partial charge >= 0.3 is 0 Å². The van der Waals surface area contributed by atoms with Crippen LogP contribution in [0, 0.1) is 23.2 Å². The number of nitrogens with one attached hydrogen (secondary N) is 3. The fraction of sp³-hybridized carbons (Fsp3) is 0.562. The summed E-state index contributed by atoms with van der Waals surface area (Å²) in [6.07, 6.45) is 29.4. The minimum Gasteiger partial charge on any atom is -0.388 e. The Kier molecular flexibility index (Phi) is 16.3. The van der Waals surface area contributed by atoms with Crippen LogP contribution in [0.2, 0.25) is 0 Å². The van der Waals surface area contributed by atoms with E-state index in [2.05, 4.69) is 70.3 Å². The molecule has 4 aliphatic rings. The lowest BCUT2D eigenvalue weighted by Gasteiger charge is -2.37. The van der Waals surface area contributed by atoms with E-state index in [-0.39, 0.29) is 17.7 Å². The van der Waals surface area contributed by atoms with E-state index < -0.39 is 12.1 Å². The van der Waals surface area contributed by atoms with Gasteiger partial charge in [-0.3, -0.25) is 15.4 Å². The molecule has 8 nitrogen and oxygen atoms in total. The monoisotopic (exact) mass is 795 g/mol. The number of allylic oxidation sites excluding steroid dienone is 5. The first kappa shape index (κ1) is 43.4. The average molecular weight is 795 g/mol. The van der Waals surface area contributed by atoms with Gasteiger partial charge in [-0.25, -0.2) is 18.9 Å². The number of aliphatic imine (C=N–C) groups is 1. The topological polar surface area (TPSA) is 84.6 Å². The van der Waals surface area contributed by atoms with Crippen LogP contribution in [0.5, 0.6) is 0 Å². The Balaban J connectivity index is 0.937. The lowest BCUT2D eigenvalue weighted by molar-refractivity contribution is 0.137. The number of piperidine rings is 1. The van der Waals surface area contributed by atoms with Crippen molar-refractivity contribution in [2.75, 3.05) is 31.7 Å². The molecule has 58 heavy (non-hydrogen) atoms. The fourth-order valence-corrected chi connectivity index (χ4v) is 9.59. The van der Waals surface area contributed by atoms with Crippen molar-refractivity contribution in [2.45, 2.75) is 128 Å². The first-order valence-electron chi connectivity index (χ1n) is 22.1. The van der Waals surface area contributed by atoms with Crippen molar-refractivity contribution in [2.24, 2.45) is 22.7 Å². The lowest BCUT2D eigenvalue weighted by atomic mass is 9.84. The Morgan fingerprint density at radius 1 is 1.07 bits per heavy atom. The first-order valence-corrected chi connectivity index (χ1v) is 22.1. The van der Waals surface area contributed by atoms with E-state index in [1.54, 1.807) is 17.1 Å². The van der Waals surface area contributed by atoms with E-state index in [0.717, 1.165) is 83.2 Å². The van der Waals surface area contributed by atoms with E-state index >= 15 is 0 Å². The van der Waals surface area contributed by atoms with Gasteiger partial charge in [0.25, 0.3) is 6.43 Å². The second kappa shape index (κ2) is 21.7. The number of unbranched alkanes of at least 4 members (excludes halogenated alkanes) is 1. The summed E-state index contributed by atoms with van der Waals surface area (Å²) < 4.78 is 30.0. The molecule has 2 aromatic rings. The summed E-state index contributed by atoms with van der Waals surface area (Å²) in [4.78, 5) is 7.65.